The highest BCUT2D eigenvalue weighted by molar-refractivity contribution is 6.31. The van der Waals surface area contributed by atoms with E-state index < -0.39 is 11.7 Å². The lowest BCUT2D eigenvalue weighted by Crippen LogP contribution is -2.27. The van der Waals surface area contributed by atoms with E-state index in [0.717, 1.165) is 0 Å². The minimum absolute atomic E-state index is 0.00480. The van der Waals surface area contributed by atoms with Crippen LogP contribution in [0, 0.1) is 5.82 Å². The van der Waals surface area contributed by atoms with Gasteiger partial charge in [-0.15, -0.1) is 0 Å². The smallest absolute Gasteiger partial charge is 0.261 e. The van der Waals surface area contributed by atoms with Gasteiger partial charge in [0.05, 0.1) is 30.8 Å². The molecule has 0 bridgehead atoms. The van der Waals surface area contributed by atoms with Crippen molar-refractivity contribution in [2.24, 2.45) is 0 Å². The Balaban J connectivity index is 1.49. The van der Waals surface area contributed by atoms with Crippen LogP contribution < -0.4 is 14.8 Å². The quantitative estimate of drug-likeness (QED) is 0.455. The Morgan fingerprint density at radius 2 is 2.03 bits per heavy atom. The van der Waals surface area contributed by atoms with Gasteiger partial charge in [0.25, 0.3) is 5.92 Å². The van der Waals surface area contributed by atoms with Gasteiger partial charge in [0.1, 0.15) is 18.0 Å². The fourth-order valence-corrected chi connectivity index (χ4v) is 3.80. The van der Waals surface area contributed by atoms with Crippen molar-refractivity contribution < 1.29 is 22.6 Å². The topological polar surface area (TPSA) is 59.5 Å². The first-order valence-corrected chi connectivity index (χ1v) is 10.5. The van der Waals surface area contributed by atoms with E-state index in [-0.39, 0.29) is 18.0 Å². The maximum Gasteiger partial charge on any atom is 0.261 e. The molecule has 1 aromatic heterocycles. The number of methoxy groups -OCH3 is 1. The molecule has 0 unspecified atom stereocenters. The summed E-state index contributed by atoms with van der Waals surface area (Å²) in [5.74, 6) is -1.63. The van der Waals surface area contributed by atoms with Crippen LogP contribution in [0.1, 0.15) is 12.8 Å². The molecule has 6 nitrogen and oxygen atoms in total. The van der Waals surface area contributed by atoms with Crippen LogP contribution in [-0.4, -0.2) is 54.1 Å². The molecular formula is C22H22ClF3N4O2. The molecule has 0 amide bonds. The van der Waals surface area contributed by atoms with Crippen LogP contribution in [0.25, 0.3) is 10.9 Å². The Bertz CT molecular complexity index is 1120. The van der Waals surface area contributed by atoms with E-state index >= 15 is 0 Å². The predicted molar refractivity (Wildman–Crippen MR) is 117 cm³/mol. The zero-order valence-corrected chi connectivity index (χ0v) is 18.1. The van der Waals surface area contributed by atoms with Crippen molar-refractivity contribution in [1.29, 1.82) is 0 Å². The molecule has 170 valence electrons. The molecule has 0 atom stereocenters. The molecule has 0 saturated carbocycles. The van der Waals surface area contributed by atoms with E-state index in [4.69, 9.17) is 21.1 Å². The van der Waals surface area contributed by atoms with E-state index in [9.17, 15) is 13.2 Å². The van der Waals surface area contributed by atoms with Crippen molar-refractivity contribution in [3.05, 3.63) is 47.5 Å². The van der Waals surface area contributed by atoms with E-state index in [2.05, 4.69) is 15.3 Å². The van der Waals surface area contributed by atoms with Crippen molar-refractivity contribution in [3.8, 4) is 11.5 Å². The Labute approximate surface area is 188 Å². The molecule has 0 radical (unpaired) electrons. The number of rotatable bonds is 8. The molecule has 1 saturated heterocycles. The number of benzene rings is 2. The standard InChI is InChI=1S/C22H22ClF3N4O2/c1-31-19-11-18-15(10-20(19)32-8-2-6-30-7-5-22(25,26)12-30)21(28-13-27-18)29-14-3-4-17(24)16(23)9-14/h3-4,9-11,13H,2,5-8,12H2,1H3,(H,27,28,29). The average molecular weight is 467 g/mol. The van der Waals surface area contributed by atoms with E-state index in [0.29, 0.717) is 60.0 Å². The van der Waals surface area contributed by atoms with E-state index in [1.165, 1.54) is 25.6 Å². The van der Waals surface area contributed by atoms with Crippen LogP contribution in [0.15, 0.2) is 36.7 Å². The normalized spacial score (nSPS) is 15.8. The number of anilines is 2. The summed E-state index contributed by atoms with van der Waals surface area (Å²) in [6, 6.07) is 7.77. The maximum absolute atomic E-state index is 13.5. The number of hydrogen-bond acceptors (Lipinski definition) is 6. The molecule has 0 spiro atoms. The number of alkyl halides is 2. The third-order valence-corrected chi connectivity index (χ3v) is 5.52. The molecule has 1 fully saturated rings. The Morgan fingerprint density at radius 1 is 1.19 bits per heavy atom. The van der Waals surface area contributed by atoms with Crippen LogP contribution >= 0.6 is 11.6 Å². The van der Waals surface area contributed by atoms with Crippen molar-refractivity contribution in [3.63, 3.8) is 0 Å². The van der Waals surface area contributed by atoms with Crippen molar-refractivity contribution in [2.75, 3.05) is 38.7 Å². The SMILES string of the molecule is COc1cc2ncnc(Nc3ccc(F)c(Cl)c3)c2cc1OCCCN1CCC(F)(F)C1. The summed E-state index contributed by atoms with van der Waals surface area (Å²) in [4.78, 5) is 10.3. The summed E-state index contributed by atoms with van der Waals surface area (Å²) in [5.41, 5.74) is 1.19. The summed E-state index contributed by atoms with van der Waals surface area (Å²) >= 11 is 5.87. The third kappa shape index (κ3) is 5.16. The summed E-state index contributed by atoms with van der Waals surface area (Å²) < 4.78 is 51.4. The second-order valence-electron chi connectivity index (χ2n) is 7.58. The number of aromatic nitrogens is 2. The molecule has 2 aromatic carbocycles. The molecule has 4 rings (SSSR count). The minimum atomic E-state index is -2.60. The number of likely N-dealkylation sites (tertiary alicyclic amines) is 1. The van der Waals surface area contributed by atoms with Crippen LogP contribution in [0.2, 0.25) is 5.02 Å². The van der Waals surface area contributed by atoms with Gasteiger partial charge in [0, 0.05) is 36.7 Å². The summed E-state index contributed by atoms with van der Waals surface area (Å²) in [6.45, 7) is 1.07. The highest BCUT2D eigenvalue weighted by Crippen LogP contribution is 2.35. The number of nitrogens with zero attached hydrogens (tertiary/aromatic N) is 3. The molecule has 1 aliphatic rings. The molecule has 10 heteroatoms. The van der Waals surface area contributed by atoms with Crippen LogP contribution in [0.5, 0.6) is 11.5 Å². The molecule has 1 aliphatic heterocycles. The lowest BCUT2D eigenvalue weighted by atomic mass is 10.2. The van der Waals surface area contributed by atoms with Crippen LogP contribution in [-0.2, 0) is 0 Å². The molecule has 3 aromatic rings. The summed E-state index contributed by atoms with van der Waals surface area (Å²) in [6.07, 6.45) is 1.91. The fraction of sp³-hybridized carbons (Fsp3) is 0.364. The average Bonchev–Trinajstić information content (AvgIpc) is 3.12. The van der Waals surface area contributed by atoms with Gasteiger partial charge in [0.2, 0.25) is 0 Å². The first-order valence-electron chi connectivity index (χ1n) is 10.1. The molecular weight excluding hydrogens is 445 g/mol. The first-order chi connectivity index (χ1) is 15.3. The van der Waals surface area contributed by atoms with Crippen molar-refractivity contribution in [1.82, 2.24) is 14.9 Å². The Hall–Kier alpha value is -2.78. The number of halogens is 4. The van der Waals surface area contributed by atoms with Crippen LogP contribution in [0.4, 0.5) is 24.7 Å². The number of hydrogen-bond donors (Lipinski definition) is 1. The van der Waals surface area contributed by atoms with Gasteiger partial charge in [0.15, 0.2) is 11.5 Å². The predicted octanol–water partition coefficient (Wildman–Crippen LogP) is 5.28. The van der Waals surface area contributed by atoms with Gasteiger partial charge in [-0.3, -0.25) is 4.90 Å². The second-order valence-corrected chi connectivity index (χ2v) is 7.99. The van der Waals surface area contributed by atoms with Gasteiger partial charge in [-0.25, -0.2) is 23.1 Å². The van der Waals surface area contributed by atoms with Gasteiger partial charge >= 0.3 is 0 Å². The zero-order valence-electron chi connectivity index (χ0n) is 17.4. The Morgan fingerprint density at radius 3 is 2.75 bits per heavy atom. The number of fused-ring (bicyclic) bond motifs is 1. The van der Waals surface area contributed by atoms with Gasteiger partial charge in [-0.05, 0) is 30.7 Å². The van der Waals surface area contributed by atoms with E-state index in [1.807, 2.05) is 0 Å². The van der Waals surface area contributed by atoms with Gasteiger partial charge < -0.3 is 14.8 Å². The first kappa shape index (κ1) is 22.4. The Kier molecular flexibility index (Phi) is 6.57. The summed E-state index contributed by atoms with van der Waals surface area (Å²) in [5, 5.41) is 3.78. The van der Waals surface area contributed by atoms with E-state index in [1.54, 1.807) is 23.1 Å². The molecule has 0 aliphatic carbocycles. The monoisotopic (exact) mass is 466 g/mol. The largest absolute Gasteiger partial charge is 0.493 e. The fourth-order valence-electron chi connectivity index (χ4n) is 3.61. The molecule has 2 heterocycles. The molecule has 32 heavy (non-hydrogen) atoms. The minimum Gasteiger partial charge on any atom is -0.493 e. The lowest BCUT2D eigenvalue weighted by molar-refractivity contribution is 0.0118. The number of ether oxygens (including phenoxy) is 2. The van der Waals surface area contributed by atoms with Gasteiger partial charge in [-0.2, -0.15) is 0 Å². The van der Waals surface area contributed by atoms with Crippen molar-refractivity contribution >= 4 is 34.0 Å². The molecule has 1 N–H and O–H groups in total. The maximum atomic E-state index is 13.5. The highest BCUT2D eigenvalue weighted by Gasteiger charge is 2.37. The van der Waals surface area contributed by atoms with Gasteiger partial charge in [-0.1, -0.05) is 11.6 Å². The van der Waals surface area contributed by atoms with Crippen LogP contribution in [0.3, 0.4) is 0 Å². The number of nitrogens with one attached hydrogen (secondary N) is 1. The highest BCUT2D eigenvalue weighted by atomic mass is 35.5. The second kappa shape index (κ2) is 9.38. The summed E-state index contributed by atoms with van der Waals surface area (Å²) in [7, 11) is 1.53. The third-order valence-electron chi connectivity index (χ3n) is 5.23. The lowest BCUT2D eigenvalue weighted by Gasteiger charge is -2.17. The zero-order chi connectivity index (χ0) is 22.7. The van der Waals surface area contributed by atoms with Crippen molar-refractivity contribution in [2.45, 2.75) is 18.8 Å².